The largest absolute Gasteiger partial charge is 0.310 e. The second-order valence-corrected chi connectivity index (χ2v) is 16.0. The molecule has 0 N–H and O–H groups in total. The number of rotatable bonds is 6. The third-order valence-electron chi connectivity index (χ3n) is 12.7. The van der Waals surface area contributed by atoms with Gasteiger partial charge in [0.1, 0.15) is 0 Å². The first-order chi connectivity index (χ1) is 28.0. The van der Waals surface area contributed by atoms with Gasteiger partial charge >= 0.3 is 0 Å². The second kappa shape index (κ2) is 12.8. The van der Waals surface area contributed by atoms with Crippen molar-refractivity contribution in [3.63, 3.8) is 0 Å². The Morgan fingerprint density at radius 2 is 0.895 bits per heavy atom. The monoisotopic (exact) mass is 727 g/mol. The van der Waals surface area contributed by atoms with Crippen LogP contribution in [0.4, 0.5) is 17.1 Å². The van der Waals surface area contributed by atoms with Gasteiger partial charge in [-0.05, 0) is 120 Å². The van der Waals surface area contributed by atoms with Crippen LogP contribution in [0, 0.1) is 0 Å². The van der Waals surface area contributed by atoms with Gasteiger partial charge in [-0.25, -0.2) is 0 Å². The first-order valence-corrected chi connectivity index (χ1v) is 20.0. The molecule has 0 heterocycles. The highest BCUT2D eigenvalue weighted by atomic mass is 15.1. The molecule has 0 atom stereocenters. The van der Waals surface area contributed by atoms with Gasteiger partial charge < -0.3 is 4.90 Å². The molecule has 0 unspecified atom stereocenters. The minimum absolute atomic E-state index is 0.117. The Morgan fingerprint density at radius 3 is 1.58 bits per heavy atom. The molecule has 0 aromatic heterocycles. The van der Waals surface area contributed by atoms with Crippen molar-refractivity contribution in [1.29, 1.82) is 0 Å². The number of para-hydroxylation sites is 1. The summed E-state index contributed by atoms with van der Waals surface area (Å²) in [6.07, 6.45) is 0. The van der Waals surface area contributed by atoms with Crippen molar-refractivity contribution in [3.8, 4) is 33.4 Å². The smallest absolute Gasteiger partial charge is 0.0720 e. The molecule has 0 radical (unpaired) electrons. The van der Waals surface area contributed by atoms with E-state index in [0.717, 1.165) is 17.1 Å². The van der Waals surface area contributed by atoms with Crippen molar-refractivity contribution in [2.24, 2.45) is 0 Å². The van der Waals surface area contributed by atoms with Gasteiger partial charge in [0, 0.05) is 22.5 Å². The lowest BCUT2D eigenvalue weighted by Gasteiger charge is -2.36. The summed E-state index contributed by atoms with van der Waals surface area (Å²) in [6.45, 7) is 4.73. The molecular formula is C56H41N. The summed E-state index contributed by atoms with van der Waals surface area (Å²) in [5.41, 5.74) is 18.3. The summed E-state index contributed by atoms with van der Waals surface area (Å²) in [7, 11) is 0. The Labute approximate surface area is 335 Å². The van der Waals surface area contributed by atoms with Crippen molar-refractivity contribution in [2.45, 2.75) is 24.7 Å². The van der Waals surface area contributed by atoms with Gasteiger partial charge in [0.15, 0.2) is 0 Å². The quantitative estimate of drug-likeness (QED) is 0.165. The van der Waals surface area contributed by atoms with E-state index in [4.69, 9.17) is 0 Å². The molecule has 1 heteroatoms. The fraction of sp³-hybridized carbons (Fsp3) is 0.0714. The normalized spacial score (nSPS) is 14.1. The van der Waals surface area contributed by atoms with Gasteiger partial charge in [-0.2, -0.15) is 0 Å². The van der Waals surface area contributed by atoms with Gasteiger partial charge in [0.25, 0.3) is 0 Å². The summed E-state index contributed by atoms with van der Waals surface area (Å²) in [6, 6.07) is 78.8. The first kappa shape index (κ1) is 33.4. The van der Waals surface area contributed by atoms with E-state index >= 15 is 0 Å². The number of hydrogen-bond acceptors (Lipinski definition) is 1. The number of nitrogens with zero attached hydrogens (tertiary/aromatic N) is 1. The van der Waals surface area contributed by atoms with E-state index in [1.165, 1.54) is 77.5 Å². The van der Waals surface area contributed by atoms with E-state index in [2.05, 4.69) is 231 Å². The van der Waals surface area contributed by atoms with Crippen LogP contribution in [0.1, 0.15) is 47.2 Å². The molecule has 0 spiro atoms. The zero-order chi connectivity index (χ0) is 38.1. The minimum atomic E-state index is -0.600. The van der Waals surface area contributed by atoms with Gasteiger partial charge in [-0.1, -0.05) is 184 Å². The predicted molar refractivity (Wildman–Crippen MR) is 239 cm³/mol. The maximum atomic E-state index is 2.50. The lowest BCUT2D eigenvalue weighted by atomic mass is 9.66. The molecule has 270 valence electrons. The van der Waals surface area contributed by atoms with Crippen LogP contribution in [0.25, 0.3) is 44.2 Å². The fourth-order valence-corrected chi connectivity index (χ4v) is 10.2. The maximum Gasteiger partial charge on any atom is 0.0720 e. The maximum absolute atomic E-state index is 2.50. The number of fused-ring (bicyclic) bond motifs is 8. The van der Waals surface area contributed by atoms with Crippen molar-refractivity contribution < 1.29 is 0 Å². The van der Waals surface area contributed by atoms with Gasteiger partial charge in [0.2, 0.25) is 0 Å². The summed E-state index contributed by atoms with van der Waals surface area (Å²) >= 11 is 0. The lowest BCUT2D eigenvalue weighted by Crippen LogP contribution is -2.29. The second-order valence-electron chi connectivity index (χ2n) is 16.0. The van der Waals surface area contributed by atoms with Crippen molar-refractivity contribution in [1.82, 2.24) is 0 Å². The lowest BCUT2D eigenvalue weighted by molar-refractivity contribution is 0.660. The molecule has 0 aliphatic heterocycles. The van der Waals surface area contributed by atoms with Crippen LogP contribution >= 0.6 is 0 Å². The third kappa shape index (κ3) is 4.89. The number of anilines is 3. The van der Waals surface area contributed by atoms with Crippen molar-refractivity contribution >= 4 is 27.8 Å². The van der Waals surface area contributed by atoms with Crippen molar-refractivity contribution in [2.75, 3.05) is 4.90 Å². The molecule has 9 aromatic carbocycles. The summed E-state index contributed by atoms with van der Waals surface area (Å²) in [5, 5.41) is 2.52. The molecule has 0 amide bonds. The molecule has 2 aliphatic rings. The zero-order valence-corrected chi connectivity index (χ0v) is 32.2. The van der Waals surface area contributed by atoms with Gasteiger partial charge in [-0.15, -0.1) is 0 Å². The molecule has 57 heavy (non-hydrogen) atoms. The topological polar surface area (TPSA) is 3.24 Å². The molecule has 2 aliphatic carbocycles. The van der Waals surface area contributed by atoms with Crippen LogP contribution in [0.2, 0.25) is 0 Å². The minimum Gasteiger partial charge on any atom is -0.310 e. The van der Waals surface area contributed by atoms with E-state index in [1.807, 2.05) is 0 Å². The van der Waals surface area contributed by atoms with E-state index in [1.54, 1.807) is 0 Å². The molecule has 0 fully saturated rings. The molecule has 0 saturated heterocycles. The Balaban J connectivity index is 1.24. The fourth-order valence-electron chi connectivity index (χ4n) is 10.2. The standard InChI is InChI=1S/C56H41N/c1-55(2)50-30-18-17-29-46(50)47-33-31-43(36-51(47)55)57(42-26-13-6-14-27-42)44-32-34-48-52(37-44)56(40-22-9-4-10-23-40,41-24-11-5-12-25-41)54-45-28-16-15-21-39(45)35-49(53(48)54)38-19-7-3-8-20-38/h3-37H,1-2H3. The first-order valence-electron chi connectivity index (χ1n) is 20.0. The highest BCUT2D eigenvalue weighted by molar-refractivity contribution is 6.07. The Hall–Kier alpha value is -6.96. The van der Waals surface area contributed by atoms with E-state index in [9.17, 15) is 0 Å². The van der Waals surface area contributed by atoms with E-state index < -0.39 is 5.41 Å². The Morgan fingerprint density at radius 1 is 0.368 bits per heavy atom. The summed E-state index contributed by atoms with van der Waals surface area (Å²) in [5.74, 6) is 0. The Kier molecular flexibility index (Phi) is 7.50. The molecule has 11 rings (SSSR count). The predicted octanol–water partition coefficient (Wildman–Crippen LogP) is 14.6. The zero-order valence-electron chi connectivity index (χ0n) is 32.2. The van der Waals surface area contributed by atoms with Crippen LogP contribution in [-0.2, 0) is 10.8 Å². The average molecular weight is 728 g/mol. The highest BCUT2D eigenvalue weighted by Crippen LogP contribution is 2.61. The van der Waals surface area contributed by atoms with Crippen LogP contribution in [0.3, 0.4) is 0 Å². The van der Waals surface area contributed by atoms with Crippen LogP contribution in [0.5, 0.6) is 0 Å². The van der Waals surface area contributed by atoms with E-state index in [0.29, 0.717) is 0 Å². The van der Waals surface area contributed by atoms with Gasteiger partial charge in [-0.3, -0.25) is 0 Å². The highest BCUT2D eigenvalue weighted by Gasteiger charge is 2.48. The van der Waals surface area contributed by atoms with Gasteiger partial charge in [0.05, 0.1) is 5.41 Å². The van der Waals surface area contributed by atoms with Crippen molar-refractivity contribution in [3.05, 3.63) is 246 Å². The molecule has 9 aromatic rings. The Bertz CT molecular complexity index is 2920. The third-order valence-corrected chi connectivity index (χ3v) is 12.7. The molecule has 0 saturated carbocycles. The van der Waals surface area contributed by atoms with Crippen LogP contribution in [0.15, 0.2) is 212 Å². The SMILES string of the molecule is CC1(C)c2ccccc2-c2ccc(N(c3ccccc3)c3ccc4c(c3)C(c3ccccc3)(c3ccccc3)c3c-4c(-c4ccccc4)cc4ccccc34)cc21. The molecule has 1 nitrogen and oxygen atoms in total. The van der Waals surface area contributed by atoms with E-state index in [-0.39, 0.29) is 5.41 Å². The molecule has 0 bridgehead atoms. The van der Waals surface area contributed by atoms with Crippen LogP contribution < -0.4 is 4.90 Å². The summed E-state index contributed by atoms with van der Waals surface area (Å²) < 4.78 is 0. The summed E-state index contributed by atoms with van der Waals surface area (Å²) in [4.78, 5) is 2.46. The number of hydrogen-bond donors (Lipinski definition) is 0. The number of benzene rings is 9. The average Bonchev–Trinajstić information content (AvgIpc) is 3.71. The van der Waals surface area contributed by atoms with Crippen LogP contribution in [-0.4, -0.2) is 0 Å². The molecular weight excluding hydrogens is 687 g/mol.